The Kier molecular flexibility index (Phi) is 6.13. The van der Waals surface area contributed by atoms with Gasteiger partial charge in [0.15, 0.2) is 0 Å². The van der Waals surface area contributed by atoms with Gasteiger partial charge in [0.25, 0.3) is 0 Å². The maximum atomic E-state index is 12.7. The Morgan fingerprint density at radius 1 is 1.31 bits per heavy atom. The number of carbonyl (C=O) groups excluding carboxylic acids is 1. The molecule has 1 aliphatic heterocycles. The van der Waals surface area contributed by atoms with Crippen molar-refractivity contribution >= 4 is 15.9 Å². The lowest BCUT2D eigenvalue weighted by molar-refractivity contribution is -0.136. The first-order valence-corrected chi connectivity index (χ1v) is 10.8. The van der Waals surface area contributed by atoms with Crippen LogP contribution in [0.25, 0.3) is 0 Å². The van der Waals surface area contributed by atoms with E-state index in [1.807, 2.05) is 0 Å². The number of piperidine rings is 1. The summed E-state index contributed by atoms with van der Waals surface area (Å²) < 4.78 is 33.3. The summed E-state index contributed by atoms with van der Waals surface area (Å²) >= 11 is 0. The summed E-state index contributed by atoms with van der Waals surface area (Å²) in [5, 5.41) is -0.565. The van der Waals surface area contributed by atoms with Crippen molar-refractivity contribution in [2.24, 2.45) is 5.92 Å². The van der Waals surface area contributed by atoms with Gasteiger partial charge in [0.05, 0.1) is 12.4 Å². The van der Waals surface area contributed by atoms with E-state index in [0.717, 1.165) is 32.1 Å². The average Bonchev–Trinajstić information content (AvgIpc) is 3.21. The standard InChI is InChI=1S/C18H27N3O4S/c1-25-17-15(8-4-10-19-17)12-20-26(23,24)16-9-5-11-21(13-16)18(22)14-6-2-3-7-14/h4,8,10,14,16,20H,2-3,5-7,9,11-13H2,1H3/t16-/m0/s1. The number of pyridine rings is 1. The SMILES string of the molecule is COc1ncccc1CNS(=O)(=O)[C@H]1CCCN(C(=O)C2CCCC2)C1. The molecule has 1 aromatic rings. The molecule has 1 aliphatic carbocycles. The van der Waals surface area contributed by atoms with Crippen molar-refractivity contribution in [1.82, 2.24) is 14.6 Å². The van der Waals surface area contributed by atoms with Crippen molar-refractivity contribution in [2.45, 2.75) is 50.3 Å². The van der Waals surface area contributed by atoms with E-state index in [9.17, 15) is 13.2 Å². The smallest absolute Gasteiger partial charge is 0.225 e. The molecule has 0 unspecified atom stereocenters. The maximum absolute atomic E-state index is 12.7. The van der Waals surface area contributed by atoms with Gasteiger partial charge in [-0.2, -0.15) is 0 Å². The third-order valence-corrected chi connectivity index (χ3v) is 7.15. The fraction of sp³-hybridized carbons (Fsp3) is 0.667. The first-order valence-electron chi connectivity index (χ1n) is 9.26. The minimum absolute atomic E-state index is 0.0871. The minimum Gasteiger partial charge on any atom is -0.481 e. The molecule has 8 heteroatoms. The van der Waals surface area contributed by atoms with Crippen molar-refractivity contribution in [3.8, 4) is 5.88 Å². The van der Waals surface area contributed by atoms with Gasteiger partial charge >= 0.3 is 0 Å². The van der Waals surface area contributed by atoms with Crippen LogP contribution in [-0.4, -0.2) is 49.7 Å². The topological polar surface area (TPSA) is 88.6 Å². The zero-order valence-corrected chi connectivity index (χ0v) is 16.0. The molecule has 1 N–H and O–H groups in total. The van der Waals surface area contributed by atoms with Gasteiger partial charge in [0, 0.05) is 37.3 Å². The number of sulfonamides is 1. The van der Waals surface area contributed by atoms with Gasteiger partial charge in [-0.05, 0) is 31.7 Å². The molecular formula is C18H27N3O4S. The van der Waals surface area contributed by atoms with Gasteiger partial charge in [0.2, 0.25) is 21.8 Å². The number of methoxy groups -OCH3 is 1. The molecule has 0 aromatic carbocycles. The van der Waals surface area contributed by atoms with Crippen molar-refractivity contribution in [1.29, 1.82) is 0 Å². The average molecular weight is 381 g/mol. The second kappa shape index (κ2) is 8.35. The number of hydrogen-bond donors (Lipinski definition) is 1. The van der Waals surface area contributed by atoms with Crippen molar-refractivity contribution in [2.75, 3.05) is 20.2 Å². The molecule has 2 fully saturated rings. The van der Waals surface area contributed by atoms with Gasteiger partial charge in [-0.1, -0.05) is 18.9 Å². The van der Waals surface area contributed by atoms with Crippen LogP contribution in [0.5, 0.6) is 5.88 Å². The number of rotatable bonds is 6. The van der Waals surface area contributed by atoms with E-state index in [2.05, 4.69) is 9.71 Å². The number of ether oxygens (including phenoxy) is 1. The molecule has 144 valence electrons. The van der Waals surface area contributed by atoms with Gasteiger partial charge in [-0.25, -0.2) is 18.1 Å². The fourth-order valence-corrected chi connectivity index (χ4v) is 5.31. The molecule has 1 saturated heterocycles. The number of amides is 1. The van der Waals surface area contributed by atoms with E-state index in [0.29, 0.717) is 24.4 Å². The highest BCUT2D eigenvalue weighted by molar-refractivity contribution is 7.90. The lowest BCUT2D eigenvalue weighted by Gasteiger charge is -2.34. The van der Waals surface area contributed by atoms with Crippen LogP contribution < -0.4 is 9.46 Å². The number of aromatic nitrogens is 1. The lowest BCUT2D eigenvalue weighted by Crippen LogP contribution is -2.49. The van der Waals surface area contributed by atoms with Crippen LogP contribution >= 0.6 is 0 Å². The van der Waals surface area contributed by atoms with Crippen molar-refractivity contribution in [3.63, 3.8) is 0 Å². The highest BCUT2D eigenvalue weighted by atomic mass is 32.2. The van der Waals surface area contributed by atoms with E-state index in [1.54, 1.807) is 23.2 Å². The Morgan fingerprint density at radius 3 is 2.81 bits per heavy atom. The maximum Gasteiger partial charge on any atom is 0.225 e. The molecule has 7 nitrogen and oxygen atoms in total. The summed E-state index contributed by atoms with van der Waals surface area (Å²) in [5.74, 6) is 0.636. The van der Waals surface area contributed by atoms with Crippen LogP contribution in [0, 0.1) is 5.92 Å². The van der Waals surface area contributed by atoms with Gasteiger partial charge in [-0.15, -0.1) is 0 Å². The van der Waals surface area contributed by atoms with Crippen LogP contribution in [-0.2, 0) is 21.4 Å². The van der Waals surface area contributed by atoms with E-state index >= 15 is 0 Å². The normalized spacial score (nSPS) is 21.7. The number of nitrogens with one attached hydrogen (secondary N) is 1. The van der Waals surface area contributed by atoms with Crippen LogP contribution in [0.3, 0.4) is 0 Å². The second-order valence-corrected chi connectivity index (χ2v) is 9.11. The highest BCUT2D eigenvalue weighted by Gasteiger charge is 2.35. The summed E-state index contributed by atoms with van der Waals surface area (Å²) in [5.41, 5.74) is 0.688. The number of likely N-dealkylation sites (tertiary alicyclic amines) is 1. The molecule has 3 rings (SSSR count). The number of hydrogen-bond acceptors (Lipinski definition) is 5. The molecule has 0 bridgehead atoms. The summed E-state index contributed by atoms with van der Waals surface area (Å²) in [7, 11) is -2.02. The monoisotopic (exact) mass is 381 g/mol. The van der Waals surface area contributed by atoms with Gasteiger partial charge < -0.3 is 9.64 Å². The van der Waals surface area contributed by atoms with Crippen molar-refractivity contribution in [3.05, 3.63) is 23.9 Å². The molecule has 2 aliphatic rings. The molecule has 2 heterocycles. The first kappa shape index (κ1) is 19.1. The van der Waals surface area contributed by atoms with Crippen LogP contribution in [0.2, 0.25) is 0 Å². The second-order valence-electron chi connectivity index (χ2n) is 7.07. The van der Waals surface area contributed by atoms with Gasteiger partial charge in [0.1, 0.15) is 0 Å². The molecule has 0 radical (unpaired) electrons. The van der Waals surface area contributed by atoms with E-state index in [1.165, 1.54) is 7.11 Å². The molecule has 1 amide bonds. The van der Waals surface area contributed by atoms with E-state index in [-0.39, 0.29) is 24.9 Å². The summed E-state index contributed by atoms with van der Waals surface area (Å²) in [6.45, 7) is 1.08. The summed E-state index contributed by atoms with van der Waals surface area (Å²) in [6.07, 6.45) is 6.97. The fourth-order valence-electron chi connectivity index (χ4n) is 3.86. The zero-order chi connectivity index (χ0) is 18.6. The molecular weight excluding hydrogens is 354 g/mol. The van der Waals surface area contributed by atoms with E-state index in [4.69, 9.17) is 4.74 Å². The molecule has 1 saturated carbocycles. The van der Waals surface area contributed by atoms with Gasteiger partial charge in [-0.3, -0.25) is 4.79 Å². The minimum atomic E-state index is -3.52. The quantitative estimate of drug-likeness (QED) is 0.810. The molecule has 26 heavy (non-hydrogen) atoms. The number of nitrogens with zero attached hydrogens (tertiary/aromatic N) is 2. The Hall–Kier alpha value is -1.67. The number of carbonyl (C=O) groups is 1. The Morgan fingerprint density at radius 2 is 2.08 bits per heavy atom. The van der Waals surface area contributed by atoms with Crippen molar-refractivity contribution < 1.29 is 17.9 Å². The third-order valence-electron chi connectivity index (χ3n) is 5.34. The Balaban J connectivity index is 1.62. The largest absolute Gasteiger partial charge is 0.481 e. The van der Waals surface area contributed by atoms with Crippen LogP contribution in [0.4, 0.5) is 0 Å². The predicted octanol–water partition coefficient (Wildman–Crippen LogP) is 1.69. The highest BCUT2D eigenvalue weighted by Crippen LogP contribution is 2.28. The Labute approximate surface area is 155 Å². The molecule has 0 spiro atoms. The zero-order valence-electron chi connectivity index (χ0n) is 15.2. The van der Waals surface area contributed by atoms with Crippen LogP contribution in [0.15, 0.2) is 18.3 Å². The molecule has 1 aromatic heterocycles. The first-order chi connectivity index (χ1) is 12.5. The third kappa shape index (κ3) is 4.35. The van der Waals surface area contributed by atoms with E-state index < -0.39 is 15.3 Å². The Bertz CT molecular complexity index is 732. The summed E-state index contributed by atoms with van der Waals surface area (Å²) in [6, 6.07) is 3.53. The summed E-state index contributed by atoms with van der Waals surface area (Å²) in [4.78, 5) is 18.5. The predicted molar refractivity (Wildman–Crippen MR) is 98.1 cm³/mol. The lowest BCUT2D eigenvalue weighted by atomic mass is 10.0. The van der Waals surface area contributed by atoms with Crippen LogP contribution in [0.1, 0.15) is 44.1 Å². The molecule has 1 atom stereocenters.